The summed E-state index contributed by atoms with van der Waals surface area (Å²) in [6, 6.07) is 0. The van der Waals surface area contributed by atoms with Crippen molar-refractivity contribution in [2.45, 2.75) is 46.0 Å². The molecule has 2 saturated carbocycles. The lowest BCUT2D eigenvalue weighted by molar-refractivity contribution is -0.129. The summed E-state index contributed by atoms with van der Waals surface area (Å²) in [6.07, 6.45) is 7.17. The van der Waals surface area contributed by atoms with Gasteiger partial charge in [0, 0.05) is 17.3 Å². The van der Waals surface area contributed by atoms with Crippen LogP contribution in [0.25, 0.3) is 0 Å². The van der Waals surface area contributed by atoms with Gasteiger partial charge >= 0.3 is 0 Å². The van der Waals surface area contributed by atoms with Gasteiger partial charge in [-0.3, -0.25) is 9.59 Å². The van der Waals surface area contributed by atoms with Crippen LogP contribution in [0.5, 0.6) is 0 Å². The van der Waals surface area contributed by atoms with Crippen molar-refractivity contribution in [3.63, 3.8) is 0 Å². The first-order chi connectivity index (χ1) is 7.04. The van der Waals surface area contributed by atoms with Crippen LogP contribution in [-0.4, -0.2) is 12.1 Å². The van der Waals surface area contributed by atoms with Gasteiger partial charge in [-0.1, -0.05) is 19.4 Å². The molecule has 0 spiro atoms. The Labute approximate surface area is 90.7 Å². The highest BCUT2D eigenvalue weighted by atomic mass is 16.1. The van der Waals surface area contributed by atoms with Crippen LogP contribution in [0.1, 0.15) is 46.0 Å². The normalized spacial score (nSPS) is 43.1. The summed E-state index contributed by atoms with van der Waals surface area (Å²) in [4.78, 5) is 22.6. The van der Waals surface area contributed by atoms with Crippen molar-refractivity contribution in [3.05, 3.63) is 11.6 Å². The molecule has 0 aromatic rings. The van der Waals surface area contributed by atoms with Gasteiger partial charge in [0.15, 0.2) is 0 Å². The van der Waals surface area contributed by atoms with Crippen LogP contribution >= 0.6 is 0 Å². The Hall–Kier alpha value is -0.920. The molecule has 2 nitrogen and oxygen atoms in total. The zero-order valence-electron chi connectivity index (χ0n) is 9.51. The largest absolute Gasteiger partial charge is 0.299 e. The average Bonchev–Trinajstić information content (AvgIpc) is 2.44. The third kappa shape index (κ3) is 1.23. The number of aldehydes is 1. The molecule has 2 rings (SSSR count). The summed E-state index contributed by atoms with van der Waals surface area (Å²) >= 11 is 0. The first kappa shape index (κ1) is 10.6. The van der Waals surface area contributed by atoms with E-state index in [0.717, 1.165) is 32.0 Å². The van der Waals surface area contributed by atoms with Gasteiger partial charge in [-0.25, -0.2) is 0 Å². The third-order valence-electron chi connectivity index (χ3n) is 4.79. The molecule has 0 amide bonds. The first-order valence-electron chi connectivity index (χ1n) is 5.73. The van der Waals surface area contributed by atoms with Crippen LogP contribution in [0.3, 0.4) is 0 Å². The summed E-state index contributed by atoms with van der Waals surface area (Å²) in [6.45, 7) is 4.24. The molecule has 15 heavy (non-hydrogen) atoms. The van der Waals surface area contributed by atoms with E-state index in [-0.39, 0.29) is 10.8 Å². The molecular formula is C13H18O2. The van der Waals surface area contributed by atoms with Crippen LogP contribution in [0.15, 0.2) is 11.6 Å². The molecule has 0 heterocycles. The van der Waals surface area contributed by atoms with Gasteiger partial charge in [-0.2, -0.15) is 0 Å². The van der Waals surface area contributed by atoms with Crippen LogP contribution in [0.2, 0.25) is 0 Å². The topological polar surface area (TPSA) is 34.1 Å². The van der Waals surface area contributed by atoms with Crippen molar-refractivity contribution in [2.24, 2.45) is 10.8 Å². The Morgan fingerprint density at radius 3 is 2.53 bits per heavy atom. The molecule has 2 fully saturated rings. The fourth-order valence-electron chi connectivity index (χ4n) is 3.41. The molecule has 2 heteroatoms. The van der Waals surface area contributed by atoms with Crippen LogP contribution in [-0.2, 0) is 9.59 Å². The van der Waals surface area contributed by atoms with Gasteiger partial charge in [0.25, 0.3) is 0 Å². The molecule has 2 aliphatic rings. The number of carbonyl (C=O) groups is 2. The number of Topliss-reactive ketones (excluding diaryl/α,β-unsaturated/α-hetero) is 1. The van der Waals surface area contributed by atoms with E-state index in [4.69, 9.17) is 0 Å². The van der Waals surface area contributed by atoms with E-state index in [1.165, 1.54) is 5.57 Å². The van der Waals surface area contributed by atoms with Gasteiger partial charge in [0.2, 0.25) is 0 Å². The van der Waals surface area contributed by atoms with Crippen LogP contribution in [0, 0.1) is 10.8 Å². The highest BCUT2D eigenvalue weighted by Gasteiger charge is 2.56. The van der Waals surface area contributed by atoms with E-state index in [9.17, 15) is 9.59 Å². The lowest BCUT2D eigenvalue weighted by Gasteiger charge is -2.45. The summed E-state index contributed by atoms with van der Waals surface area (Å²) in [5.41, 5.74) is 0.931. The van der Waals surface area contributed by atoms with Gasteiger partial charge in [0.1, 0.15) is 12.1 Å². The first-order valence-corrected chi connectivity index (χ1v) is 5.73. The highest BCUT2D eigenvalue weighted by molar-refractivity contribution is 5.89. The molecule has 0 N–H and O–H groups in total. The Kier molecular flexibility index (Phi) is 2.32. The minimum atomic E-state index is -0.208. The van der Waals surface area contributed by atoms with Crippen molar-refractivity contribution >= 4 is 12.1 Å². The fourth-order valence-corrected chi connectivity index (χ4v) is 3.41. The highest BCUT2D eigenvalue weighted by Crippen LogP contribution is 2.60. The van der Waals surface area contributed by atoms with Crippen LogP contribution in [0.4, 0.5) is 0 Å². The van der Waals surface area contributed by atoms with E-state index in [2.05, 4.69) is 13.8 Å². The molecule has 82 valence electrons. The second-order valence-corrected chi connectivity index (χ2v) is 5.27. The summed E-state index contributed by atoms with van der Waals surface area (Å²) in [5, 5.41) is 0. The summed E-state index contributed by atoms with van der Waals surface area (Å²) in [5.74, 6) is 0.390. The van der Waals surface area contributed by atoms with Crippen molar-refractivity contribution < 1.29 is 9.59 Å². The predicted octanol–water partition coefficient (Wildman–Crippen LogP) is 2.67. The molecule has 0 saturated heterocycles. The third-order valence-corrected chi connectivity index (χ3v) is 4.79. The number of ketones is 1. The van der Waals surface area contributed by atoms with Gasteiger partial charge in [-0.15, -0.1) is 0 Å². The Morgan fingerprint density at radius 2 is 1.87 bits per heavy atom. The maximum absolute atomic E-state index is 12.0. The second kappa shape index (κ2) is 3.29. The van der Waals surface area contributed by atoms with Crippen molar-refractivity contribution in [3.8, 4) is 0 Å². The van der Waals surface area contributed by atoms with Crippen LogP contribution < -0.4 is 0 Å². The van der Waals surface area contributed by atoms with Crippen molar-refractivity contribution in [1.29, 1.82) is 0 Å². The van der Waals surface area contributed by atoms with Gasteiger partial charge in [-0.05, 0) is 31.8 Å². The number of carbonyl (C=O) groups excluding carboxylic acids is 2. The van der Waals surface area contributed by atoms with E-state index in [0.29, 0.717) is 12.2 Å². The average molecular weight is 206 g/mol. The second-order valence-electron chi connectivity index (χ2n) is 5.27. The zero-order chi connectivity index (χ0) is 11.1. The molecule has 2 aliphatic carbocycles. The molecular weight excluding hydrogens is 188 g/mol. The zero-order valence-corrected chi connectivity index (χ0v) is 9.51. The predicted molar refractivity (Wildman–Crippen MR) is 58.5 cm³/mol. The number of hydrogen-bond donors (Lipinski definition) is 0. The van der Waals surface area contributed by atoms with E-state index in [1.807, 2.05) is 0 Å². The molecule has 0 unspecified atom stereocenters. The minimum absolute atomic E-state index is 0.0523. The van der Waals surface area contributed by atoms with E-state index in [1.54, 1.807) is 6.08 Å². The Bertz CT molecular complexity index is 342. The standard InChI is InChI=1S/C13H18O2/c1-12-8-5-11(15)13(12,2)7-3-4-10(12)6-9-14/h6,9H,3-5,7-8H2,1-2H3/b10-6+/t12-,13+/m0/s1. The molecule has 0 aliphatic heterocycles. The van der Waals surface area contributed by atoms with Gasteiger partial charge < -0.3 is 0 Å². The van der Waals surface area contributed by atoms with E-state index >= 15 is 0 Å². The monoisotopic (exact) mass is 206 g/mol. The lowest BCUT2D eigenvalue weighted by Crippen LogP contribution is -2.41. The maximum Gasteiger partial charge on any atom is 0.142 e. The molecule has 0 bridgehead atoms. The maximum atomic E-state index is 12.0. The number of hydrogen-bond acceptors (Lipinski definition) is 2. The van der Waals surface area contributed by atoms with Crippen molar-refractivity contribution in [1.82, 2.24) is 0 Å². The van der Waals surface area contributed by atoms with Crippen molar-refractivity contribution in [2.75, 3.05) is 0 Å². The van der Waals surface area contributed by atoms with Gasteiger partial charge in [0.05, 0.1) is 0 Å². The molecule has 0 aromatic carbocycles. The number of fused-ring (bicyclic) bond motifs is 1. The Balaban J connectivity index is 2.47. The number of allylic oxidation sites excluding steroid dienone is 2. The fraction of sp³-hybridized carbons (Fsp3) is 0.692. The number of rotatable bonds is 1. The smallest absolute Gasteiger partial charge is 0.142 e. The van der Waals surface area contributed by atoms with E-state index < -0.39 is 0 Å². The SMILES string of the molecule is C[C@@]12CCC(=O)[C@@]1(C)CCC/C2=C\C=O. The Morgan fingerprint density at radius 1 is 1.13 bits per heavy atom. The molecule has 0 radical (unpaired) electrons. The molecule has 0 aromatic heterocycles. The molecule has 2 atom stereocenters. The minimum Gasteiger partial charge on any atom is -0.299 e. The summed E-state index contributed by atoms with van der Waals surface area (Å²) < 4.78 is 0. The summed E-state index contributed by atoms with van der Waals surface area (Å²) in [7, 11) is 0. The quantitative estimate of drug-likeness (QED) is 0.488. The lowest BCUT2D eigenvalue weighted by atomic mass is 9.57.